The van der Waals surface area contributed by atoms with Crippen molar-refractivity contribution in [2.75, 3.05) is 0 Å². The Hall–Kier alpha value is -0.668. The van der Waals surface area contributed by atoms with E-state index in [1.807, 2.05) is 0 Å². The molecule has 0 saturated heterocycles. The number of rotatable bonds is 3. The van der Waals surface area contributed by atoms with Gasteiger partial charge < -0.3 is 0 Å². The Balaban J connectivity index is 0.000000701. The summed E-state index contributed by atoms with van der Waals surface area (Å²) in [5, 5.41) is 4.23. The van der Waals surface area contributed by atoms with Crippen LogP contribution in [0.2, 0.25) is 0 Å². The second kappa shape index (κ2) is 10.5. The van der Waals surface area contributed by atoms with E-state index in [0.29, 0.717) is 0 Å². The predicted molar refractivity (Wildman–Crippen MR) is 111 cm³/mol. The number of halogens is 2. The SMILES string of the molecule is Cc1ccc(P(c2ccc(C)cc2)c2ccc(C)cc2)cc1.[Cl][Pd][Cl]. The summed E-state index contributed by atoms with van der Waals surface area (Å²) in [5.41, 5.74) is 3.93. The first kappa shape index (κ1) is 20.6. The molecular weight excluding hydrogens is 461 g/mol. The summed E-state index contributed by atoms with van der Waals surface area (Å²) in [5.74, 6) is 0. The number of benzene rings is 3. The first-order valence-electron chi connectivity index (χ1n) is 7.87. The van der Waals surface area contributed by atoms with Crippen LogP contribution in [0.25, 0.3) is 0 Å². The third-order valence-electron chi connectivity index (χ3n) is 3.88. The van der Waals surface area contributed by atoms with Crippen LogP contribution in [0.3, 0.4) is 0 Å². The summed E-state index contributed by atoms with van der Waals surface area (Å²) in [6, 6.07) is 27.0. The molecule has 134 valence electrons. The molecule has 0 atom stereocenters. The Kier molecular flexibility index (Phi) is 8.65. The van der Waals surface area contributed by atoms with E-state index < -0.39 is 7.92 Å². The summed E-state index contributed by atoms with van der Waals surface area (Å²) in [4.78, 5) is 0. The van der Waals surface area contributed by atoms with E-state index >= 15 is 0 Å². The molecule has 0 unspecified atom stereocenters. The van der Waals surface area contributed by atoms with Crippen molar-refractivity contribution >= 4 is 42.9 Å². The summed E-state index contributed by atoms with van der Waals surface area (Å²) >= 11 is -0.106. The van der Waals surface area contributed by atoms with Crippen molar-refractivity contribution < 1.29 is 15.9 Å². The number of aryl methyl sites for hydroxylation is 3. The van der Waals surface area contributed by atoms with E-state index in [-0.39, 0.29) is 15.9 Å². The van der Waals surface area contributed by atoms with E-state index in [9.17, 15) is 0 Å². The Morgan fingerprint density at radius 3 is 0.920 bits per heavy atom. The van der Waals surface area contributed by atoms with Gasteiger partial charge in [-0.2, -0.15) is 0 Å². The predicted octanol–water partition coefficient (Wildman–Crippen LogP) is 5.75. The molecule has 0 aliphatic heterocycles. The van der Waals surface area contributed by atoms with E-state index in [1.54, 1.807) is 0 Å². The van der Waals surface area contributed by atoms with Gasteiger partial charge in [-0.05, 0) is 44.6 Å². The second-order valence-corrected chi connectivity index (χ2v) is 10.5. The van der Waals surface area contributed by atoms with Crippen LogP contribution in [-0.2, 0) is 15.9 Å². The summed E-state index contributed by atoms with van der Waals surface area (Å²) < 4.78 is 0. The average molecular weight is 482 g/mol. The van der Waals surface area contributed by atoms with Crippen LogP contribution < -0.4 is 15.9 Å². The molecule has 0 saturated carbocycles. The van der Waals surface area contributed by atoms with Crippen LogP contribution in [0, 0.1) is 20.8 Å². The minimum atomic E-state index is -0.483. The standard InChI is InChI=1S/C21H21P.2ClH.Pd/c1-16-4-10-19(11-5-16)22(20-12-6-17(2)7-13-20)21-14-8-18(3)9-15-21;;;/h4-15H,1-3H3;2*1H;/q;;;+2/p-2. The quantitative estimate of drug-likeness (QED) is 0.330. The van der Waals surface area contributed by atoms with Gasteiger partial charge in [0.15, 0.2) is 0 Å². The Morgan fingerprint density at radius 2 is 0.720 bits per heavy atom. The Labute approximate surface area is 168 Å². The topological polar surface area (TPSA) is 0 Å². The molecule has 25 heavy (non-hydrogen) atoms. The molecule has 4 heteroatoms. The maximum atomic E-state index is 4.81. The van der Waals surface area contributed by atoms with Gasteiger partial charge in [0.25, 0.3) is 0 Å². The molecule has 3 aromatic rings. The monoisotopic (exact) mass is 480 g/mol. The fourth-order valence-electron chi connectivity index (χ4n) is 2.53. The van der Waals surface area contributed by atoms with Crippen molar-refractivity contribution in [3.05, 3.63) is 89.5 Å². The van der Waals surface area contributed by atoms with E-state index in [4.69, 9.17) is 19.1 Å². The minimum absolute atomic E-state index is 0.106. The molecule has 0 amide bonds. The zero-order chi connectivity index (χ0) is 18.2. The van der Waals surface area contributed by atoms with Gasteiger partial charge >= 0.3 is 35.0 Å². The van der Waals surface area contributed by atoms with Gasteiger partial charge in [0.2, 0.25) is 0 Å². The molecule has 0 spiro atoms. The van der Waals surface area contributed by atoms with Crippen LogP contribution >= 0.6 is 27.0 Å². The molecule has 0 heterocycles. The van der Waals surface area contributed by atoms with Gasteiger partial charge in [0, 0.05) is 0 Å². The molecule has 0 aromatic heterocycles. The summed E-state index contributed by atoms with van der Waals surface area (Å²) in [6.07, 6.45) is 0. The van der Waals surface area contributed by atoms with Crippen LogP contribution in [0.4, 0.5) is 0 Å². The van der Waals surface area contributed by atoms with Crippen molar-refractivity contribution in [2.24, 2.45) is 0 Å². The first-order chi connectivity index (χ1) is 12.0. The third-order valence-corrected chi connectivity index (χ3v) is 6.32. The van der Waals surface area contributed by atoms with Gasteiger partial charge in [-0.25, -0.2) is 0 Å². The van der Waals surface area contributed by atoms with E-state index in [2.05, 4.69) is 93.6 Å². The van der Waals surface area contributed by atoms with Gasteiger partial charge in [0.05, 0.1) is 0 Å². The van der Waals surface area contributed by atoms with Crippen molar-refractivity contribution in [3.8, 4) is 0 Å². The normalized spacial score (nSPS) is 10.5. The number of hydrogen-bond donors (Lipinski definition) is 0. The molecule has 3 aromatic carbocycles. The maximum absolute atomic E-state index is 4.81. The zero-order valence-electron chi connectivity index (χ0n) is 14.4. The zero-order valence-corrected chi connectivity index (χ0v) is 18.4. The summed E-state index contributed by atoms with van der Waals surface area (Å²) in [6.45, 7) is 6.43. The van der Waals surface area contributed by atoms with Crippen molar-refractivity contribution in [3.63, 3.8) is 0 Å². The van der Waals surface area contributed by atoms with Gasteiger partial charge in [0.1, 0.15) is 0 Å². The van der Waals surface area contributed by atoms with Crippen molar-refractivity contribution in [1.82, 2.24) is 0 Å². The molecule has 0 N–H and O–H groups in total. The van der Waals surface area contributed by atoms with Gasteiger partial charge in [-0.1, -0.05) is 89.5 Å². The van der Waals surface area contributed by atoms with Crippen molar-refractivity contribution in [2.45, 2.75) is 20.8 Å². The van der Waals surface area contributed by atoms with Gasteiger partial charge in [-0.3, -0.25) is 0 Å². The second-order valence-electron chi connectivity index (χ2n) is 5.89. The molecular formula is C21H21Cl2PPd. The molecule has 0 bridgehead atoms. The molecule has 0 nitrogen and oxygen atoms in total. The van der Waals surface area contributed by atoms with Crippen LogP contribution in [0.15, 0.2) is 72.8 Å². The Morgan fingerprint density at radius 1 is 0.520 bits per heavy atom. The van der Waals surface area contributed by atoms with Crippen LogP contribution in [-0.4, -0.2) is 0 Å². The van der Waals surface area contributed by atoms with Crippen LogP contribution in [0.1, 0.15) is 16.7 Å². The average Bonchev–Trinajstić information content (AvgIpc) is 2.61. The summed E-state index contributed by atoms with van der Waals surface area (Å²) in [7, 11) is 9.14. The molecule has 0 radical (unpaired) electrons. The first-order valence-corrected chi connectivity index (χ1v) is 13.2. The fraction of sp³-hybridized carbons (Fsp3) is 0.143. The fourth-order valence-corrected chi connectivity index (χ4v) is 4.76. The van der Waals surface area contributed by atoms with E-state index in [0.717, 1.165) is 0 Å². The molecule has 3 rings (SSSR count). The van der Waals surface area contributed by atoms with E-state index in [1.165, 1.54) is 32.6 Å². The molecule has 0 aliphatic rings. The molecule has 0 aliphatic carbocycles. The Bertz CT molecular complexity index is 660. The van der Waals surface area contributed by atoms with Crippen molar-refractivity contribution in [1.29, 1.82) is 0 Å². The van der Waals surface area contributed by atoms with Gasteiger partial charge in [-0.15, -0.1) is 0 Å². The van der Waals surface area contributed by atoms with Crippen LogP contribution in [0.5, 0.6) is 0 Å². The number of hydrogen-bond acceptors (Lipinski definition) is 0. The third kappa shape index (κ3) is 6.22. The molecule has 0 fully saturated rings.